The monoisotopic (exact) mass is 310 g/mol. The molecule has 0 heterocycles. The molecule has 0 bridgehead atoms. The average molecular weight is 310 g/mol. The van der Waals surface area contributed by atoms with Crippen molar-refractivity contribution < 1.29 is 9.59 Å². The van der Waals surface area contributed by atoms with Crippen molar-refractivity contribution in [3.63, 3.8) is 0 Å². The van der Waals surface area contributed by atoms with Crippen LogP contribution >= 0.6 is 0 Å². The van der Waals surface area contributed by atoms with Gasteiger partial charge in [0.2, 0.25) is 5.91 Å². The molecule has 4 heteroatoms. The number of hydrogen-bond donors (Lipinski definition) is 2. The van der Waals surface area contributed by atoms with E-state index in [0.29, 0.717) is 11.3 Å². The van der Waals surface area contributed by atoms with E-state index in [1.54, 1.807) is 24.3 Å². The smallest absolute Gasteiger partial charge is 0.241 e. The minimum absolute atomic E-state index is 0.0556. The van der Waals surface area contributed by atoms with E-state index in [9.17, 15) is 9.59 Å². The first-order chi connectivity index (χ1) is 11.0. The molecule has 120 valence electrons. The zero-order chi connectivity index (χ0) is 16.8. The quantitative estimate of drug-likeness (QED) is 0.802. The van der Waals surface area contributed by atoms with Crippen molar-refractivity contribution in [3.05, 3.63) is 65.7 Å². The second-order valence-corrected chi connectivity index (χ2v) is 5.61. The van der Waals surface area contributed by atoms with Gasteiger partial charge in [-0.1, -0.05) is 42.5 Å². The Balaban J connectivity index is 2.02. The zero-order valence-corrected chi connectivity index (χ0v) is 13.7. The van der Waals surface area contributed by atoms with Gasteiger partial charge in [-0.2, -0.15) is 0 Å². The van der Waals surface area contributed by atoms with Crippen molar-refractivity contribution in [2.24, 2.45) is 0 Å². The molecule has 0 radical (unpaired) electrons. The van der Waals surface area contributed by atoms with Gasteiger partial charge in [0.15, 0.2) is 5.78 Å². The van der Waals surface area contributed by atoms with Crippen molar-refractivity contribution in [2.45, 2.75) is 32.9 Å². The van der Waals surface area contributed by atoms with E-state index in [1.807, 2.05) is 44.2 Å². The van der Waals surface area contributed by atoms with Crippen LogP contribution in [0.5, 0.6) is 0 Å². The SMILES string of the molecule is CC(=O)c1ccccc1NC(=O)[C@H](C)N[C@@H](C)c1ccccc1. The number of Topliss-reactive ketones (excluding diaryl/α,β-unsaturated/α-hetero) is 1. The normalized spacial score (nSPS) is 13.2. The second-order valence-electron chi connectivity index (χ2n) is 5.61. The lowest BCUT2D eigenvalue weighted by Gasteiger charge is -2.20. The van der Waals surface area contributed by atoms with Crippen LogP contribution in [0.15, 0.2) is 54.6 Å². The lowest BCUT2D eigenvalue weighted by atomic mass is 10.1. The van der Waals surface area contributed by atoms with E-state index in [2.05, 4.69) is 10.6 Å². The Bertz CT molecular complexity index is 683. The van der Waals surface area contributed by atoms with Crippen molar-refractivity contribution in [3.8, 4) is 0 Å². The first kappa shape index (κ1) is 16.9. The molecule has 2 rings (SSSR count). The Hall–Kier alpha value is -2.46. The predicted octanol–water partition coefficient (Wildman–Crippen LogP) is 3.57. The third-order valence-electron chi connectivity index (χ3n) is 3.76. The lowest BCUT2D eigenvalue weighted by Crippen LogP contribution is -2.39. The van der Waals surface area contributed by atoms with E-state index in [-0.39, 0.29) is 23.8 Å². The minimum Gasteiger partial charge on any atom is -0.324 e. The molecule has 2 atom stereocenters. The van der Waals surface area contributed by atoms with Crippen molar-refractivity contribution in [1.82, 2.24) is 5.32 Å². The molecule has 2 aromatic carbocycles. The van der Waals surface area contributed by atoms with Gasteiger partial charge in [-0.25, -0.2) is 0 Å². The Kier molecular flexibility index (Phi) is 5.66. The van der Waals surface area contributed by atoms with Crippen LogP contribution in [0.4, 0.5) is 5.69 Å². The zero-order valence-electron chi connectivity index (χ0n) is 13.7. The fraction of sp³-hybridized carbons (Fsp3) is 0.263. The van der Waals surface area contributed by atoms with Crippen LogP contribution in [0, 0.1) is 0 Å². The molecule has 0 saturated carbocycles. The minimum atomic E-state index is -0.384. The topological polar surface area (TPSA) is 58.2 Å². The van der Waals surface area contributed by atoms with Gasteiger partial charge in [0.25, 0.3) is 0 Å². The highest BCUT2D eigenvalue weighted by Crippen LogP contribution is 2.17. The first-order valence-electron chi connectivity index (χ1n) is 7.71. The molecular weight excluding hydrogens is 288 g/mol. The van der Waals surface area contributed by atoms with E-state index in [4.69, 9.17) is 0 Å². The molecule has 0 saturated heterocycles. The molecule has 0 aromatic heterocycles. The summed E-state index contributed by atoms with van der Waals surface area (Å²) in [6.07, 6.45) is 0. The van der Waals surface area contributed by atoms with E-state index in [0.717, 1.165) is 5.56 Å². The standard InChI is InChI=1S/C19H22N2O2/c1-13(16-9-5-4-6-10-16)20-14(2)19(23)21-18-12-8-7-11-17(18)15(3)22/h4-14,20H,1-3H3,(H,21,23)/t13-,14-/m0/s1. The second kappa shape index (κ2) is 7.70. The summed E-state index contributed by atoms with van der Waals surface area (Å²) >= 11 is 0. The number of para-hydroxylation sites is 1. The summed E-state index contributed by atoms with van der Waals surface area (Å²) in [5, 5.41) is 6.09. The van der Waals surface area contributed by atoms with Gasteiger partial charge in [0.1, 0.15) is 0 Å². The molecular formula is C19H22N2O2. The number of benzene rings is 2. The van der Waals surface area contributed by atoms with Crippen LogP contribution in [0.2, 0.25) is 0 Å². The fourth-order valence-corrected chi connectivity index (χ4v) is 2.43. The largest absolute Gasteiger partial charge is 0.324 e. The van der Waals surface area contributed by atoms with Crippen LogP contribution in [-0.2, 0) is 4.79 Å². The van der Waals surface area contributed by atoms with Crippen LogP contribution in [0.3, 0.4) is 0 Å². The molecule has 0 aliphatic rings. The van der Waals surface area contributed by atoms with Crippen LogP contribution in [0.25, 0.3) is 0 Å². The number of ketones is 1. The Labute approximate surface area is 136 Å². The van der Waals surface area contributed by atoms with Crippen molar-refractivity contribution in [2.75, 3.05) is 5.32 Å². The van der Waals surface area contributed by atoms with Crippen molar-refractivity contribution >= 4 is 17.4 Å². The molecule has 23 heavy (non-hydrogen) atoms. The van der Waals surface area contributed by atoms with Gasteiger partial charge in [-0.05, 0) is 38.5 Å². The summed E-state index contributed by atoms with van der Waals surface area (Å²) in [5.41, 5.74) is 2.19. The number of anilines is 1. The number of carbonyl (C=O) groups is 2. The number of amides is 1. The average Bonchev–Trinajstić information content (AvgIpc) is 2.55. The molecule has 0 spiro atoms. The summed E-state index contributed by atoms with van der Waals surface area (Å²) in [4.78, 5) is 24.0. The highest BCUT2D eigenvalue weighted by atomic mass is 16.2. The lowest BCUT2D eigenvalue weighted by molar-refractivity contribution is -0.117. The fourth-order valence-electron chi connectivity index (χ4n) is 2.43. The predicted molar refractivity (Wildman–Crippen MR) is 92.5 cm³/mol. The number of hydrogen-bond acceptors (Lipinski definition) is 3. The third kappa shape index (κ3) is 4.50. The summed E-state index contributed by atoms with van der Waals surface area (Å²) in [6.45, 7) is 5.32. The first-order valence-corrected chi connectivity index (χ1v) is 7.71. The van der Waals surface area contributed by atoms with Crippen LogP contribution in [0.1, 0.15) is 42.7 Å². The molecule has 0 fully saturated rings. The summed E-state index contributed by atoms with van der Waals surface area (Å²) in [7, 11) is 0. The Morgan fingerprint density at radius 3 is 2.17 bits per heavy atom. The maximum absolute atomic E-state index is 12.4. The highest BCUT2D eigenvalue weighted by molar-refractivity contribution is 6.04. The molecule has 2 N–H and O–H groups in total. The van der Waals surface area contributed by atoms with E-state index >= 15 is 0 Å². The molecule has 2 aromatic rings. The van der Waals surface area contributed by atoms with E-state index < -0.39 is 0 Å². The molecule has 0 aliphatic heterocycles. The van der Waals surface area contributed by atoms with Crippen LogP contribution < -0.4 is 10.6 Å². The van der Waals surface area contributed by atoms with Gasteiger partial charge in [-0.15, -0.1) is 0 Å². The molecule has 0 unspecified atom stereocenters. The summed E-state index contributed by atoms with van der Waals surface area (Å²) < 4.78 is 0. The van der Waals surface area contributed by atoms with Gasteiger partial charge in [-0.3, -0.25) is 14.9 Å². The van der Waals surface area contributed by atoms with Crippen LogP contribution in [-0.4, -0.2) is 17.7 Å². The number of carbonyl (C=O) groups excluding carboxylic acids is 2. The highest BCUT2D eigenvalue weighted by Gasteiger charge is 2.18. The molecule has 4 nitrogen and oxygen atoms in total. The van der Waals surface area contributed by atoms with E-state index in [1.165, 1.54) is 6.92 Å². The maximum atomic E-state index is 12.4. The number of rotatable bonds is 6. The van der Waals surface area contributed by atoms with Gasteiger partial charge in [0, 0.05) is 11.6 Å². The Morgan fingerprint density at radius 2 is 1.52 bits per heavy atom. The number of nitrogens with one attached hydrogen (secondary N) is 2. The van der Waals surface area contributed by atoms with Gasteiger partial charge < -0.3 is 5.32 Å². The Morgan fingerprint density at radius 1 is 0.913 bits per heavy atom. The van der Waals surface area contributed by atoms with Crippen molar-refractivity contribution in [1.29, 1.82) is 0 Å². The maximum Gasteiger partial charge on any atom is 0.241 e. The summed E-state index contributed by atoms with van der Waals surface area (Å²) in [5.74, 6) is -0.236. The molecule has 0 aliphatic carbocycles. The molecule has 1 amide bonds. The van der Waals surface area contributed by atoms with Gasteiger partial charge in [0.05, 0.1) is 11.7 Å². The van der Waals surface area contributed by atoms with Gasteiger partial charge >= 0.3 is 0 Å². The summed E-state index contributed by atoms with van der Waals surface area (Å²) in [6, 6.07) is 16.7. The third-order valence-corrected chi connectivity index (χ3v) is 3.76.